The van der Waals surface area contributed by atoms with Crippen LogP contribution in [0.3, 0.4) is 0 Å². The Kier molecular flexibility index (Phi) is 8.87. The van der Waals surface area contributed by atoms with Gasteiger partial charge < -0.3 is 15.5 Å². The van der Waals surface area contributed by atoms with Crippen LogP contribution in [0.5, 0.6) is 0 Å². The van der Waals surface area contributed by atoms with Crippen LogP contribution in [-0.4, -0.2) is 44.9 Å². The second kappa shape index (κ2) is 11.7. The molecule has 9 heteroatoms. The molecule has 0 radical (unpaired) electrons. The number of benzene rings is 2. The number of aliphatic hydroxyl groups is 1. The first-order chi connectivity index (χ1) is 17.0. The van der Waals surface area contributed by atoms with E-state index in [9.17, 15) is 24.2 Å². The highest BCUT2D eigenvalue weighted by molar-refractivity contribution is 6.30. The van der Waals surface area contributed by atoms with Gasteiger partial charge in [-0.1, -0.05) is 49.7 Å². The fraction of sp³-hybridized carbons (Fsp3) is 0.370. The average Bonchev–Trinajstić information content (AvgIpc) is 3.32. The molecule has 0 aliphatic heterocycles. The first kappa shape index (κ1) is 27.4. The minimum Gasteiger partial charge on any atom is -0.481 e. The van der Waals surface area contributed by atoms with Crippen molar-refractivity contribution in [2.75, 3.05) is 6.61 Å². The number of carbonyl (C=O) groups is 2. The number of carbonyl (C=O) groups excluding carboxylic acids is 1. The fourth-order valence-corrected chi connectivity index (χ4v) is 4.27. The zero-order chi connectivity index (χ0) is 26.5. The number of rotatable bonds is 11. The number of aliphatic carboxylic acids is 1. The number of aromatic amines is 1. The van der Waals surface area contributed by atoms with Gasteiger partial charge in [0.2, 0.25) is 0 Å². The van der Waals surface area contributed by atoms with Crippen LogP contribution < -0.4 is 5.32 Å². The Morgan fingerprint density at radius 1 is 1.17 bits per heavy atom. The number of carboxylic acids is 1. The Morgan fingerprint density at radius 3 is 2.44 bits per heavy atom. The van der Waals surface area contributed by atoms with Crippen molar-refractivity contribution in [1.29, 1.82) is 0 Å². The minimum absolute atomic E-state index is 0.0449. The molecule has 0 aliphatic rings. The molecule has 4 N–H and O–H groups in total. The van der Waals surface area contributed by atoms with Gasteiger partial charge in [-0.2, -0.15) is 5.10 Å². The van der Waals surface area contributed by atoms with Gasteiger partial charge in [0.25, 0.3) is 5.91 Å². The number of nitrogens with zero attached hydrogens (tertiary/aromatic N) is 1. The highest BCUT2D eigenvalue weighted by Gasteiger charge is 2.36. The maximum atomic E-state index is 14.3. The van der Waals surface area contributed by atoms with Crippen molar-refractivity contribution in [1.82, 2.24) is 15.5 Å². The lowest BCUT2D eigenvalue weighted by Crippen LogP contribution is -2.43. The van der Waals surface area contributed by atoms with E-state index in [0.717, 1.165) is 11.3 Å². The Labute approximate surface area is 214 Å². The van der Waals surface area contributed by atoms with Gasteiger partial charge >= 0.3 is 5.97 Å². The van der Waals surface area contributed by atoms with Gasteiger partial charge in [0.15, 0.2) is 0 Å². The van der Waals surface area contributed by atoms with Crippen LogP contribution in [0.2, 0.25) is 5.02 Å². The average molecular weight is 516 g/mol. The number of aliphatic hydroxyl groups excluding tert-OH is 1. The molecular weight excluding hydrogens is 485 g/mol. The molecule has 0 bridgehead atoms. The van der Waals surface area contributed by atoms with E-state index in [2.05, 4.69) is 15.5 Å². The number of halogens is 2. The lowest BCUT2D eigenvalue weighted by Gasteiger charge is -2.29. The molecule has 2 aromatic carbocycles. The van der Waals surface area contributed by atoms with Gasteiger partial charge in [-0.3, -0.25) is 14.7 Å². The summed E-state index contributed by atoms with van der Waals surface area (Å²) in [4.78, 5) is 25.0. The Bertz CT molecular complexity index is 1210. The van der Waals surface area contributed by atoms with Crippen LogP contribution in [0.4, 0.5) is 4.39 Å². The van der Waals surface area contributed by atoms with Crippen molar-refractivity contribution < 1.29 is 24.2 Å². The third-order valence-electron chi connectivity index (χ3n) is 6.32. The number of aromatic nitrogens is 2. The second-order valence-electron chi connectivity index (χ2n) is 9.60. The molecule has 1 amide bonds. The van der Waals surface area contributed by atoms with E-state index in [-0.39, 0.29) is 36.9 Å². The normalized spacial score (nSPS) is 13.9. The molecule has 192 valence electrons. The van der Waals surface area contributed by atoms with E-state index < -0.39 is 23.3 Å². The summed E-state index contributed by atoms with van der Waals surface area (Å²) in [7, 11) is 0. The van der Waals surface area contributed by atoms with Crippen molar-refractivity contribution in [3.8, 4) is 11.1 Å². The summed E-state index contributed by atoms with van der Waals surface area (Å²) in [6.45, 7) is 5.20. The van der Waals surface area contributed by atoms with E-state index in [4.69, 9.17) is 11.6 Å². The van der Waals surface area contributed by atoms with E-state index in [0.29, 0.717) is 22.6 Å². The lowest BCUT2D eigenvalue weighted by molar-refractivity contribution is -0.149. The van der Waals surface area contributed by atoms with Crippen molar-refractivity contribution in [3.05, 3.63) is 76.3 Å². The summed E-state index contributed by atoms with van der Waals surface area (Å²) < 4.78 is 14.3. The third kappa shape index (κ3) is 6.71. The van der Waals surface area contributed by atoms with Crippen LogP contribution in [0, 0.1) is 11.2 Å². The first-order valence-electron chi connectivity index (χ1n) is 11.8. The molecule has 1 aromatic heterocycles. The standard InChI is InChI=1S/C27H31ClFN3O4/c1-16(2)23-14-24(32-31-23)25(34)30-20(15-27(3,10-11-33)26(35)36)12-17-4-6-18(7-5-17)21-13-19(28)8-9-22(21)29/h4-9,13-14,16,20,33H,10-12,15H2,1-3H3,(H,30,34)(H,31,32)(H,35,36)/t20-,27?/m1/s1. The predicted molar refractivity (Wildman–Crippen MR) is 137 cm³/mol. The number of hydrogen-bond acceptors (Lipinski definition) is 4. The molecule has 2 atom stereocenters. The van der Waals surface area contributed by atoms with Crippen molar-refractivity contribution >= 4 is 23.5 Å². The molecule has 1 heterocycles. The molecule has 3 rings (SSSR count). The van der Waals surface area contributed by atoms with E-state index in [1.165, 1.54) is 12.1 Å². The zero-order valence-electron chi connectivity index (χ0n) is 20.5. The molecule has 7 nitrogen and oxygen atoms in total. The topological polar surface area (TPSA) is 115 Å². The summed E-state index contributed by atoms with van der Waals surface area (Å²) in [5.41, 5.74) is 1.64. The van der Waals surface area contributed by atoms with Crippen molar-refractivity contribution in [3.63, 3.8) is 0 Å². The fourth-order valence-electron chi connectivity index (χ4n) is 4.10. The monoisotopic (exact) mass is 515 g/mol. The molecule has 1 unspecified atom stereocenters. The molecule has 3 aromatic rings. The lowest BCUT2D eigenvalue weighted by atomic mass is 9.79. The minimum atomic E-state index is -1.24. The number of carboxylic acid groups (broad SMARTS) is 1. The molecule has 0 fully saturated rings. The highest BCUT2D eigenvalue weighted by Crippen LogP contribution is 2.30. The maximum absolute atomic E-state index is 14.3. The highest BCUT2D eigenvalue weighted by atomic mass is 35.5. The smallest absolute Gasteiger partial charge is 0.309 e. The van der Waals surface area contributed by atoms with Gasteiger partial charge in [0.05, 0.1) is 11.1 Å². The summed E-state index contributed by atoms with van der Waals surface area (Å²) >= 11 is 6.02. The Morgan fingerprint density at radius 2 is 1.86 bits per heavy atom. The van der Waals surface area contributed by atoms with E-state index in [1.807, 2.05) is 26.0 Å². The van der Waals surface area contributed by atoms with Crippen LogP contribution in [0.15, 0.2) is 48.5 Å². The van der Waals surface area contributed by atoms with E-state index in [1.54, 1.807) is 31.2 Å². The van der Waals surface area contributed by atoms with Crippen molar-refractivity contribution in [2.24, 2.45) is 5.41 Å². The summed E-state index contributed by atoms with van der Waals surface area (Å²) in [6, 6.07) is 12.6. The van der Waals surface area contributed by atoms with Gasteiger partial charge in [0.1, 0.15) is 11.5 Å². The Hall–Kier alpha value is -3.23. The maximum Gasteiger partial charge on any atom is 0.309 e. The number of H-pyrrole nitrogens is 1. The largest absolute Gasteiger partial charge is 0.481 e. The molecule has 0 aliphatic carbocycles. The summed E-state index contributed by atoms with van der Waals surface area (Å²) in [5.74, 6) is -1.69. The molecule has 0 saturated carbocycles. The van der Waals surface area contributed by atoms with Crippen LogP contribution >= 0.6 is 11.6 Å². The van der Waals surface area contributed by atoms with Crippen molar-refractivity contribution in [2.45, 2.75) is 52.0 Å². The van der Waals surface area contributed by atoms with E-state index >= 15 is 0 Å². The predicted octanol–water partition coefficient (Wildman–Crippen LogP) is 5.20. The van der Waals surface area contributed by atoms with Crippen LogP contribution in [-0.2, 0) is 11.2 Å². The van der Waals surface area contributed by atoms with Gasteiger partial charge in [-0.25, -0.2) is 4.39 Å². The Balaban J connectivity index is 1.85. The number of hydrogen-bond donors (Lipinski definition) is 4. The summed E-state index contributed by atoms with van der Waals surface area (Å²) in [5, 5.41) is 29.5. The second-order valence-corrected chi connectivity index (χ2v) is 10.0. The molecule has 0 saturated heterocycles. The number of nitrogens with one attached hydrogen (secondary N) is 2. The van der Waals surface area contributed by atoms with Crippen LogP contribution in [0.25, 0.3) is 11.1 Å². The first-order valence-corrected chi connectivity index (χ1v) is 12.1. The van der Waals surface area contributed by atoms with Gasteiger partial charge in [0, 0.05) is 23.2 Å². The quantitative estimate of drug-likeness (QED) is 0.280. The summed E-state index contributed by atoms with van der Waals surface area (Å²) in [6.07, 6.45) is 0.483. The number of amides is 1. The zero-order valence-corrected chi connectivity index (χ0v) is 21.3. The third-order valence-corrected chi connectivity index (χ3v) is 6.56. The van der Waals surface area contributed by atoms with Gasteiger partial charge in [-0.05, 0) is 67.5 Å². The molecule has 0 spiro atoms. The molecular formula is C27H31ClFN3O4. The molecule has 36 heavy (non-hydrogen) atoms. The SMILES string of the molecule is CC(C)c1cc(C(=O)N[C@H](Cc2ccc(-c3cc(Cl)ccc3F)cc2)CC(C)(CCO)C(=O)O)[nH]n1. The van der Waals surface area contributed by atoms with Crippen LogP contribution in [0.1, 0.15) is 61.3 Å². The van der Waals surface area contributed by atoms with Gasteiger partial charge in [-0.15, -0.1) is 0 Å².